The van der Waals surface area contributed by atoms with Crippen LogP contribution < -0.4 is 5.32 Å². The zero-order valence-electron chi connectivity index (χ0n) is 18.3. The first kappa shape index (κ1) is 22.5. The van der Waals surface area contributed by atoms with E-state index in [9.17, 15) is 18.4 Å². The van der Waals surface area contributed by atoms with E-state index in [-0.39, 0.29) is 12.5 Å². The van der Waals surface area contributed by atoms with Gasteiger partial charge < -0.3 is 15.0 Å². The summed E-state index contributed by atoms with van der Waals surface area (Å²) in [6.07, 6.45) is -3.50. The number of benzene rings is 3. The fourth-order valence-electron chi connectivity index (χ4n) is 4.36. The average molecular weight is 450 g/mol. The number of para-hydroxylation sites is 1. The first-order chi connectivity index (χ1) is 15.8. The molecular weight excluding hydrogens is 426 g/mol. The van der Waals surface area contributed by atoms with Gasteiger partial charge in [-0.25, -0.2) is 8.78 Å². The van der Waals surface area contributed by atoms with Crippen LogP contribution in [0, 0.1) is 0 Å². The lowest BCUT2D eigenvalue weighted by atomic mass is 9.71. The second-order valence-corrected chi connectivity index (χ2v) is 7.91. The molecule has 0 aliphatic heterocycles. The molecule has 2 N–H and O–H groups in total. The first-order valence-electron chi connectivity index (χ1n) is 10.7. The second kappa shape index (κ2) is 9.02. The van der Waals surface area contributed by atoms with E-state index in [1.807, 2.05) is 24.3 Å². The summed E-state index contributed by atoms with van der Waals surface area (Å²) < 4.78 is 33.3. The predicted octanol–water partition coefficient (Wildman–Crippen LogP) is 5.78. The smallest absolute Gasteiger partial charge is 0.321 e. The Hall–Kier alpha value is -3.74. The summed E-state index contributed by atoms with van der Waals surface area (Å²) >= 11 is 0. The van der Waals surface area contributed by atoms with Crippen LogP contribution in [0.5, 0.6) is 0 Å². The molecule has 5 nitrogen and oxygen atoms in total. The van der Waals surface area contributed by atoms with Gasteiger partial charge in [-0.05, 0) is 48.4 Å². The van der Waals surface area contributed by atoms with E-state index >= 15 is 0 Å². The molecule has 4 rings (SSSR count). The third kappa shape index (κ3) is 4.18. The Kier molecular flexibility index (Phi) is 6.14. The molecule has 0 radical (unpaired) electrons. The lowest BCUT2D eigenvalue weighted by Gasteiger charge is -2.32. The predicted molar refractivity (Wildman–Crippen MR) is 125 cm³/mol. The van der Waals surface area contributed by atoms with Crippen molar-refractivity contribution in [1.29, 1.82) is 0 Å². The lowest BCUT2D eigenvalue weighted by molar-refractivity contribution is -0.150. The van der Waals surface area contributed by atoms with E-state index in [1.54, 1.807) is 49.4 Å². The molecule has 33 heavy (non-hydrogen) atoms. The van der Waals surface area contributed by atoms with Crippen LogP contribution >= 0.6 is 0 Å². The van der Waals surface area contributed by atoms with Gasteiger partial charge in [-0.15, -0.1) is 0 Å². The van der Waals surface area contributed by atoms with Crippen molar-refractivity contribution >= 4 is 39.4 Å². The van der Waals surface area contributed by atoms with Crippen molar-refractivity contribution in [3.63, 3.8) is 0 Å². The van der Waals surface area contributed by atoms with Gasteiger partial charge >= 0.3 is 5.97 Å². The quantitative estimate of drug-likeness (QED) is 0.351. The standard InChI is InChI=1S/C26H24F2N2O3/c1-3-33-25(32)26(15-24(27)28,17-8-11-19(12-9-17)29-16(2)31)18-10-13-23-21(14-18)20-6-4-5-7-22(20)30-23/h4-14,24,30H,3,15H2,1-2H3,(H,29,31). The second-order valence-electron chi connectivity index (χ2n) is 7.91. The van der Waals surface area contributed by atoms with Crippen LogP contribution in [0.1, 0.15) is 31.4 Å². The van der Waals surface area contributed by atoms with E-state index in [0.717, 1.165) is 21.8 Å². The van der Waals surface area contributed by atoms with Gasteiger partial charge in [-0.1, -0.05) is 36.4 Å². The number of nitrogens with one attached hydrogen (secondary N) is 2. The summed E-state index contributed by atoms with van der Waals surface area (Å²) in [5.41, 5.74) is 1.34. The number of hydrogen-bond donors (Lipinski definition) is 2. The first-order valence-corrected chi connectivity index (χ1v) is 10.7. The SMILES string of the molecule is CCOC(=O)C(CC(F)F)(c1ccc(NC(C)=O)cc1)c1ccc2[nH]c3ccccc3c2c1. The van der Waals surface area contributed by atoms with Crippen molar-refractivity contribution in [1.82, 2.24) is 4.98 Å². The number of esters is 1. The molecule has 0 saturated heterocycles. The molecule has 0 aliphatic rings. The largest absolute Gasteiger partial charge is 0.465 e. The van der Waals surface area contributed by atoms with Crippen LogP contribution in [-0.2, 0) is 19.7 Å². The van der Waals surface area contributed by atoms with Crippen LogP contribution in [0.15, 0.2) is 66.7 Å². The highest BCUT2D eigenvalue weighted by atomic mass is 19.3. The molecule has 0 spiro atoms. The number of H-pyrrole nitrogens is 1. The molecular formula is C26H24F2N2O3. The van der Waals surface area contributed by atoms with Gasteiger partial charge in [-0.3, -0.25) is 9.59 Å². The normalized spacial score (nSPS) is 13.2. The molecule has 1 atom stereocenters. The van der Waals surface area contributed by atoms with Crippen LogP contribution in [0.3, 0.4) is 0 Å². The zero-order chi connectivity index (χ0) is 23.6. The number of anilines is 1. The number of amides is 1. The van der Waals surface area contributed by atoms with Gasteiger partial charge in [0.25, 0.3) is 0 Å². The zero-order valence-corrected chi connectivity index (χ0v) is 18.3. The Morgan fingerprint density at radius 1 is 0.970 bits per heavy atom. The van der Waals surface area contributed by atoms with Gasteiger partial charge in [0, 0.05) is 40.8 Å². The fourth-order valence-corrected chi connectivity index (χ4v) is 4.36. The Bertz CT molecular complexity index is 1310. The number of fused-ring (bicyclic) bond motifs is 3. The molecule has 1 amide bonds. The minimum absolute atomic E-state index is 0.0587. The Morgan fingerprint density at radius 2 is 1.64 bits per heavy atom. The molecule has 7 heteroatoms. The van der Waals surface area contributed by atoms with Crippen molar-refractivity contribution in [2.24, 2.45) is 0 Å². The molecule has 0 bridgehead atoms. The molecule has 0 fully saturated rings. The van der Waals surface area contributed by atoms with E-state index in [4.69, 9.17) is 4.74 Å². The molecule has 0 saturated carbocycles. The highest BCUT2D eigenvalue weighted by molar-refractivity contribution is 6.08. The Balaban J connectivity index is 1.95. The molecule has 4 aromatic rings. The van der Waals surface area contributed by atoms with Gasteiger partial charge in [0.05, 0.1) is 6.61 Å². The minimum atomic E-state index is -2.76. The van der Waals surface area contributed by atoms with Crippen LogP contribution in [0.25, 0.3) is 21.8 Å². The van der Waals surface area contributed by atoms with Gasteiger partial charge in [-0.2, -0.15) is 0 Å². The number of halogens is 2. The topological polar surface area (TPSA) is 71.2 Å². The minimum Gasteiger partial charge on any atom is -0.465 e. The maximum absolute atomic E-state index is 14.0. The third-order valence-electron chi connectivity index (χ3n) is 5.78. The van der Waals surface area contributed by atoms with E-state index in [1.165, 1.54) is 6.92 Å². The van der Waals surface area contributed by atoms with Gasteiger partial charge in [0.2, 0.25) is 12.3 Å². The number of alkyl halides is 2. The number of hydrogen-bond acceptors (Lipinski definition) is 3. The number of carbonyl (C=O) groups is 2. The van der Waals surface area contributed by atoms with Crippen molar-refractivity contribution in [3.05, 3.63) is 77.9 Å². The van der Waals surface area contributed by atoms with Gasteiger partial charge in [0.1, 0.15) is 5.41 Å². The van der Waals surface area contributed by atoms with Crippen molar-refractivity contribution in [3.8, 4) is 0 Å². The number of ether oxygens (including phenoxy) is 1. The van der Waals surface area contributed by atoms with Gasteiger partial charge in [0.15, 0.2) is 0 Å². The lowest BCUT2D eigenvalue weighted by Crippen LogP contribution is -2.40. The van der Waals surface area contributed by atoms with E-state index < -0.39 is 24.2 Å². The molecule has 1 unspecified atom stereocenters. The summed E-state index contributed by atoms with van der Waals surface area (Å²) in [7, 11) is 0. The third-order valence-corrected chi connectivity index (χ3v) is 5.78. The highest BCUT2D eigenvalue weighted by Gasteiger charge is 2.46. The summed E-state index contributed by atoms with van der Waals surface area (Å²) in [6.45, 7) is 3.08. The summed E-state index contributed by atoms with van der Waals surface area (Å²) in [4.78, 5) is 28.1. The molecule has 3 aromatic carbocycles. The summed E-state index contributed by atoms with van der Waals surface area (Å²) in [5.74, 6) is -0.992. The average Bonchev–Trinajstić information content (AvgIpc) is 3.15. The molecule has 1 heterocycles. The number of rotatable bonds is 7. The molecule has 170 valence electrons. The summed E-state index contributed by atoms with van der Waals surface area (Å²) in [5, 5.41) is 4.42. The van der Waals surface area contributed by atoms with Crippen LogP contribution in [0.2, 0.25) is 0 Å². The molecule has 0 aliphatic carbocycles. The van der Waals surface area contributed by atoms with Crippen molar-refractivity contribution in [2.75, 3.05) is 11.9 Å². The summed E-state index contributed by atoms with van der Waals surface area (Å²) in [6, 6.07) is 19.3. The molecule has 1 aromatic heterocycles. The maximum atomic E-state index is 14.0. The highest BCUT2D eigenvalue weighted by Crippen LogP contribution is 2.41. The van der Waals surface area contributed by atoms with Crippen LogP contribution in [-0.4, -0.2) is 29.9 Å². The van der Waals surface area contributed by atoms with Crippen LogP contribution in [0.4, 0.5) is 14.5 Å². The maximum Gasteiger partial charge on any atom is 0.321 e. The Morgan fingerprint density at radius 3 is 2.30 bits per heavy atom. The monoisotopic (exact) mass is 450 g/mol. The number of aromatic nitrogens is 1. The number of aromatic amines is 1. The van der Waals surface area contributed by atoms with E-state index in [0.29, 0.717) is 16.8 Å². The Labute approximate surface area is 189 Å². The van der Waals surface area contributed by atoms with E-state index in [2.05, 4.69) is 10.3 Å². The van der Waals surface area contributed by atoms with Crippen molar-refractivity contribution in [2.45, 2.75) is 32.1 Å². The number of carbonyl (C=O) groups excluding carboxylic acids is 2. The fraction of sp³-hybridized carbons (Fsp3) is 0.231. The van der Waals surface area contributed by atoms with Crippen molar-refractivity contribution < 1.29 is 23.1 Å².